The number of carbonyl (C=O) groups excluding carboxylic acids is 6. The lowest BCUT2D eigenvalue weighted by Crippen LogP contribution is -2.62. The first-order valence-corrected chi connectivity index (χ1v) is 50.7. The number of hydrogen-bond acceptors (Lipinski definition) is 35. The molecule has 6 aliphatic rings. The van der Waals surface area contributed by atoms with Crippen LogP contribution in [0.15, 0.2) is 67.7 Å². The van der Waals surface area contributed by atoms with Gasteiger partial charge in [0.1, 0.15) is 68.7 Å². The average Bonchev–Trinajstić information content (AvgIpc) is 1.70. The van der Waals surface area contributed by atoms with Crippen LogP contribution >= 0.6 is 22.7 Å². The third-order valence-electron chi connectivity index (χ3n) is 25.3. The van der Waals surface area contributed by atoms with Crippen molar-refractivity contribution < 1.29 is 114 Å². The van der Waals surface area contributed by atoms with Crippen molar-refractivity contribution in [1.29, 1.82) is 5.26 Å². The number of esters is 2. The molecule has 26 atom stereocenters. The number of cyclic esters (lactones) is 2. The molecule has 6 fully saturated rings. The maximum Gasteiger partial charge on any atom is 0.351 e. The summed E-state index contributed by atoms with van der Waals surface area (Å²) in [5, 5.41) is 57.8. The van der Waals surface area contributed by atoms with Crippen LogP contribution in [-0.4, -0.2) is 286 Å². The third kappa shape index (κ3) is 27.5. The number of nitrogens with two attached hydrogens (primary N) is 2. The fraction of sp³-hybridized carbons (Fsp3) is 0.710. The van der Waals surface area contributed by atoms with Gasteiger partial charge in [-0.25, -0.2) is 38.3 Å². The highest BCUT2D eigenvalue weighted by molar-refractivity contribution is 7.13. The Balaban J connectivity index is 0.000000319. The number of rotatable bonds is 20. The number of aliphatic hydroxyl groups excluding tert-OH is 1. The number of ether oxygens (including phenoxy) is 10. The molecule has 6 aliphatic heterocycles. The van der Waals surface area contributed by atoms with E-state index in [-0.39, 0.29) is 102 Å². The Morgan fingerprint density at radius 2 is 0.977 bits per heavy atom. The zero-order valence-corrected chi connectivity index (χ0v) is 84.4. The Morgan fingerprint density at radius 1 is 0.602 bits per heavy atom. The average molecular weight is 1920 g/mol. The lowest BCUT2D eigenvalue weighted by molar-refractivity contribution is -0.296. The molecule has 4 aromatic rings. The molecule has 0 radical (unpaired) electrons. The van der Waals surface area contributed by atoms with E-state index in [2.05, 4.69) is 64.8 Å². The summed E-state index contributed by atoms with van der Waals surface area (Å²) in [4.78, 5) is 126. The molecule has 740 valence electrons. The Morgan fingerprint density at radius 3 is 1.32 bits per heavy atom. The number of halogens is 2. The van der Waals surface area contributed by atoms with Gasteiger partial charge in [-0.05, 0) is 178 Å². The van der Waals surface area contributed by atoms with E-state index >= 15 is 8.78 Å². The number of amides is 2. The van der Waals surface area contributed by atoms with Gasteiger partial charge in [0.2, 0.25) is 11.8 Å². The van der Waals surface area contributed by atoms with Crippen LogP contribution in [-0.2, 0) is 103 Å². The van der Waals surface area contributed by atoms with E-state index in [4.69, 9.17) is 78.2 Å². The van der Waals surface area contributed by atoms with Crippen molar-refractivity contribution in [2.75, 3.05) is 66.1 Å². The number of hydrogen-bond donors (Lipinski definition) is 5. The van der Waals surface area contributed by atoms with Crippen molar-refractivity contribution in [3.63, 3.8) is 0 Å². The van der Waals surface area contributed by atoms with E-state index in [1.54, 1.807) is 96.7 Å². The number of ketones is 2. The van der Waals surface area contributed by atoms with Crippen molar-refractivity contribution in [1.82, 2.24) is 29.7 Å². The molecule has 2 amide bonds. The van der Waals surface area contributed by atoms with Crippen molar-refractivity contribution >= 4 is 101 Å². The highest BCUT2D eigenvalue weighted by Gasteiger charge is 2.60. The summed E-state index contributed by atoms with van der Waals surface area (Å²) in [5.41, 5.74) is 1.76. The summed E-state index contributed by atoms with van der Waals surface area (Å²) in [7, 11) is 5.24. The first-order valence-electron chi connectivity index (χ1n) is 45.5. The van der Waals surface area contributed by atoms with Gasteiger partial charge in [0.15, 0.2) is 45.7 Å². The van der Waals surface area contributed by atoms with E-state index < -0.39 is 186 Å². The first kappa shape index (κ1) is 110. The molecule has 35 nitrogen and oxygen atoms in total. The van der Waals surface area contributed by atoms with Crippen LogP contribution in [0.2, 0.25) is 19.6 Å². The number of anilines is 2. The van der Waals surface area contributed by atoms with Crippen molar-refractivity contribution in [2.24, 2.45) is 55.8 Å². The van der Waals surface area contributed by atoms with Gasteiger partial charge in [-0.1, -0.05) is 79.5 Å². The normalized spacial score (nSPS) is 36.2. The summed E-state index contributed by atoms with van der Waals surface area (Å²) in [5.74, 6) is -11.1. The SMILES string of the molecule is CC#N.CCC(=O)N=C1[C@H](C)C[C@@]2(C)OC/C(=N/OCc3ccc(-c4nc(N)cs4)cn3)CO[C@H]([C@H]1C)[C@](C)(O)[C@@H](CC)OC(=O)[C@@](C)(F)C(=O)[C@H](C)[C@H]2O[C@@H]1O[C@H](C)C[C@H](N(C)C)[C@H]1O.CCC(=O)N=C1[C@H](C)C[C@@]2(C)OC/C(=N/OCc3ccc(-c4nc(N)cs4)cn3)CO[C@H]([C@H]1C)[C@](C)(O)[C@@H](CC)OC(=O)[C@@](C)(F)C(=O)[C@H](C)[C@H]2O[C@@H]1O[C@H](C)C[C@H](N(C)C)[C@H]1O[Si](C)(C)C. The maximum atomic E-state index is 17.2. The lowest BCUT2D eigenvalue weighted by atomic mass is 9.73. The van der Waals surface area contributed by atoms with Crippen LogP contribution in [0.25, 0.3) is 21.1 Å². The van der Waals surface area contributed by atoms with Crippen LogP contribution in [0.1, 0.15) is 194 Å². The number of Topliss-reactive ketones (excluding diaryl/α,β-unsaturated/α-hetero) is 2. The fourth-order valence-electron chi connectivity index (χ4n) is 18.3. The lowest BCUT2D eigenvalue weighted by Gasteiger charge is -2.49. The first-order chi connectivity index (χ1) is 62.2. The van der Waals surface area contributed by atoms with E-state index in [1.807, 2.05) is 72.9 Å². The van der Waals surface area contributed by atoms with Crippen molar-refractivity contribution in [3.05, 3.63) is 58.8 Å². The van der Waals surface area contributed by atoms with Gasteiger partial charge >= 0.3 is 11.9 Å². The Labute approximate surface area is 789 Å². The Hall–Kier alpha value is -7.93. The zero-order valence-electron chi connectivity index (χ0n) is 81.8. The minimum atomic E-state index is -3.23. The van der Waals surface area contributed by atoms with Gasteiger partial charge in [-0.15, -0.1) is 22.7 Å². The number of nitrogens with zero attached hydrogens (tertiary/aromatic N) is 11. The molecule has 10 heterocycles. The minimum absolute atomic E-state index is 0.000396. The van der Waals surface area contributed by atoms with E-state index in [0.29, 0.717) is 52.3 Å². The second kappa shape index (κ2) is 46.9. The van der Waals surface area contributed by atoms with Crippen LogP contribution in [0, 0.1) is 46.8 Å². The van der Waals surface area contributed by atoms with Crippen molar-refractivity contribution in [2.45, 2.75) is 335 Å². The predicted octanol–water partition coefficient (Wildman–Crippen LogP) is 11.8. The van der Waals surface area contributed by atoms with Gasteiger partial charge in [0, 0.05) is 101 Å². The van der Waals surface area contributed by atoms with Crippen LogP contribution in [0.5, 0.6) is 0 Å². The van der Waals surface area contributed by atoms with Crippen molar-refractivity contribution in [3.8, 4) is 27.2 Å². The number of alkyl halides is 2. The summed E-state index contributed by atoms with van der Waals surface area (Å²) in [6, 6.07) is 8.40. The Kier molecular flexibility index (Phi) is 39.0. The molecule has 0 aromatic carbocycles. The van der Waals surface area contributed by atoms with Crippen LogP contribution in [0.3, 0.4) is 0 Å². The second-order valence-corrected chi connectivity index (χ2v) is 44.3. The number of likely N-dealkylation sites (N-methyl/N-ethyl adjacent to an activating group) is 2. The molecule has 0 unspecified atom stereocenters. The molecule has 40 heteroatoms. The number of nitrogen functional groups attached to an aromatic ring is 2. The van der Waals surface area contributed by atoms with Gasteiger partial charge in [0.05, 0.1) is 91.7 Å². The second-order valence-electron chi connectivity index (χ2n) is 38.2. The topological polar surface area (TPSA) is 466 Å². The summed E-state index contributed by atoms with van der Waals surface area (Å²) in [6.45, 7) is 34.8. The quantitative estimate of drug-likeness (QED) is 0.0237. The number of pyridine rings is 2. The molecule has 0 aliphatic carbocycles. The molecular weight excluding hydrogens is 1780 g/mol. The summed E-state index contributed by atoms with van der Waals surface area (Å²) >= 11 is 2.79. The molecule has 6 saturated heterocycles. The highest BCUT2D eigenvalue weighted by Crippen LogP contribution is 2.46. The summed E-state index contributed by atoms with van der Waals surface area (Å²) < 4.78 is 106. The van der Waals surface area contributed by atoms with Gasteiger partial charge < -0.3 is 98.1 Å². The van der Waals surface area contributed by atoms with E-state index in [9.17, 15) is 44.1 Å². The maximum absolute atomic E-state index is 17.2. The molecule has 0 saturated carbocycles. The number of carbonyl (C=O) groups is 6. The van der Waals surface area contributed by atoms with Gasteiger partial charge in [0.25, 0.3) is 11.3 Å². The standard InChI is InChI=1S/C47H73FN6O11SSi.C44H65FN6O11S.C2H3N/c1-15-34-47(9,58)41-28(5)37(52-36(55)16-2)26(3)20-45(7,60-23-32(22-59-41)53-61-24-31-18-17-30(21-50-31)42-51-35(49)25-66-42)40(29(6)39(56)46(8,48)44(57)63-34)64-43-38(65-67(12,13)14)33(54(10)11)19-27(4)62-43;1-12-31-44(9,56)38-25(5)34(49-33(52)13-2)23(3)17-42(7,58-20-29(19-57-38)50-59-21-28-15-14-27(18-47-28)39-48-32(46)22-63-39)37(26(6)36(54)43(8,45)41(55)61-31)62-40-35(53)30(51(10)11)16-24(4)60-40;1-2-3/h17-18,21,25-29,33-34,38,40-41,43,58H,15-16,19-20,22-24,49H2,1-14H3;14-15,18,22-26,30-31,35,37-38,40,53,56H,12-13,16-17,19-21,46H2,1-11H3;1H3/b52-37?,53-32+;49-34?,50-29+;/t26-,27-,28+,29+,33+,34-,38-,40-,41-,43+,45-,46+,47-;23-,24-,25+,26+,30+,31-,35-,37-,38-,40+,42-,43+,44-;/m11./s1. The molecule has 0 spiro atoms. The fourth-order valence-corrected chi connectivity index (χ4v) is 20.8. The number of thiazole rings is 2. The number of nitriles is 1. The molecule has 133 heavy (non-hydrogen) atoms. The van der Waals surface area contributed by atoms with Gasteiger partial charge in [-0.2, -0.15) is 5.26 Å². The largest absolute Gasteiger partial charge is 0.457 e. The van der Waals surface area contributed by atoms with Crippen LogP contribution in [0.4, 0.5) is 20.4 Å². The van der Waals surface area contributed by atoms with E-state index in [1.165, 1.54) is 57.3 Å². The van der Waals surface area contributed by atoms with Crippen LogP contribution < -0.4 is 11.5 Å². The zero-order chi connectivity index (χ0) is 99.1. The Bertz CT molecular complexity index is 4760. The number of aliphatic hydroxyl groups is 3. The predicted molar refractivity (Wildman–Crippen MR) is 501 cm³/mol. The summed E-state index contributed by atoms with van der Waals surface area (Å²) in [6.07, 6.45) is -8.41. The van der Waals surface area contributed by atoms with Gasteiger partial charge in [-0.3, -0.25) is 29.1 Å². The number of aliphatic imine (C=N–C) groups is 2. The molecular formula is C93H141F2N13O22S2Si. The monoisotopic (exact) mass is 1920 g/mol. The minimum Gasteiger partial charge on any atom is -0.457 e. The number of aromatic nitrogens is 4. The molecule has 7 N–H and O–H groups in total. The highest BCUT2D eigenvalue weighted by atomic mass is 32.1. The molecule has 4 bridgehead atoms. The van der Waals surface area contributed by atoms with E-state index in [0.717, 1.165) is 30.0 Å². The third-order valence-corrected chi connectivity index (χ3v) is 28.1. The molecule has 4 aromatic heterocycles. The molecule has 10 rings (SSSR count). The number of fused-ring (bicyclic) bond motifs is 10. The number of oxime groups is 2. The smallest absolute Gasteiger partial charge is 0.351 e.